The molecule has 1 aliphatic carbocycles. The average molecular weight is 378 g/mol. The fraction of sp³-hybridized carbons (Fsp3) is 0.391. The van der Waals surface area contributed by atoms with E-state index < -0.39 is 0 Å². The molecule has 2 aromatic rings. The highest BCUT2D eigenvalue weighted by Crippen LogP contribution is 2.43. The summed E-state index contributed by atoms with van der Waals surface area (Å²) in [6, 6.07) is 15.1. The highest BCUT2D eigenvalue weighted by Gasteiger charge is 2.50. The van der Waals surface area contributed by atoms with Crippen LogP contribution >= 0.6 is 12.2 Å². The standard InChI is InChI=1S/C23H27N3S/c1-4-18-9-7-8-17(3)20(18)24-21-23(14-5-6-15-23)26(22(27)25-21)19-12-10-16(2)11-13-19/h7-13H,4-6,14-15H2,1-3H3,(H,24,25,27). The van der Waals surface area contributed by atoms with E-state index in [1.165, 1.54) is 35.2 Å². The first-order valence-electron chi connectivity index (χ1n) is 9.91. The zero-order valence-corrected chi connectivity index (χ0v) is 17.2. The van der Waals surface area contributed by atoms with Gasteiger partial charge in [0.05, 0.1) is 0 Å². The number of anilines is 2. The number of nitrogens with one attached hydrogen (secondary N) is 1. The Labute approximate surface area is 167 Å². The van der Waals surface area contributed by atoms with Gasteiger partial charge in [0, 0.05) is 11.4 Å². The molecule has 4 heteroatoms. The van der Waals surface area contributed by atoms with Gasteiger partial charge in [0.1, 0.15) is 11.4 Å². The summed E-state index contributed by atoms with van der Waals surface area (Å²) in [5, 5.41) is 4.40. The van der Waals surface area contributed by atoms with Crippen LogP contribution < -0.4 is 10.2 Å². The number of thiocarbonyl (C=S) groups is 1. The SMILES string of the molecule is CCc1cccc(C)c1NC1=NC(=S)N(c2ccc(C)cc2)C12CCCC2. The Hall–Kier alpha value is -2.20. The minimum absolute atomic E-state index is 0.139. The molecule has 0 atom stereocenters. The molecule has 1 heterocycles. The van der Waals surface area contributed by atoms with Crippen molar-refractivity contribution >= 4 is 34.5 Å². The van der Waals surface area contributed by atoms with Gasteiger partial charge in [-0.05, 0) is 68.6 Å². The molecule has 2 aromatic carbocycles. The van der Waals surface area contributed by atoms with Crippen molar-refractivity contribution < 1.29 is 0 Å². The van der Waals surface area contributed by atoms with Crippen molar-refractivity contribution in [3.8, 4) is 0 Å². The van der Waals surface area contributed by atoms with Crippen LogP contribution in [0.3, 0.4) is 0 Å². The summed E-state index contributed by atoms with van der Waals surface area (Å²) in [6.45, 7) is 6.48. The lowest BCUT2D eigenvalue weighted by molar-refractivity contribution is 0.595. The lowest BCUT2D eigenvalue weighted by Crippen LogP contribution is -2.52. The van der Waals surface area contributed by atoms with E-state index in [9.17, 15) is 0 Å². The second-order valence-corrected chi connectivity index (χ2v) is 8.11. The van der Waals surface area contributed by atoms with Gasteiger partial charge < -0.3 is 10.2 Å². The van der Waals surface area contributed by atoms with Crippen molar-refractivity contribution in [2.24, 2.45) is 4.99 Å². The quantitative estimate of drug-likeness (QED) is 0.686. The fourth-order valence-corrected chi connectivity index (χ4v) is 4.85. The topological polar surface area (TPSA) is 27.6 Å². The van der Waals surface area contributed by atoms with Crippen LogP contribution in [-0.2, 0) is 6.42 Å². The predicted octanol–water partition coefficient (Wildman–Crippen LogP) is 5.79. The molecule has 3 nitrogen and oxygen atoms in total. The molecule has 0 aromatic heterocycles. The first-order valence-corrected chi connectivity index (χ1v) is 10.3. The molecule has 140 valence electrons. The van der Waals surface area contributed by atoms with Gasteiger partial charge in [-0.3, -0.25) is 0 Å². The van der Waals surface area contributed by atoms with Crippen LogP contribution in [-0.4, -0.2) is 16.5 Å². The summed E-state index contributed by atoms with van der Waals surface area (Å²) in [7, 11) is 0. The fourth-order valence-electron chi connectivity index (χ4n) is 4.48. The lowest BCUT2D eigenvalue weighted by Gasteiger charge is -2.37. The van der Waals surface area contributed by atoms with E-state index in [2.05, 4.69) is 73.5 Å². The molecular weight excluding hydrogens is 350 g/mol. The predicted molar refractivity (Wildman–Crippen MR) is 119 cm³/mol. The van der Waals surface area contributed by atoms with Gasteiger partial charge in [-0.1, -0.05) is 55.7 Å². The van der Waals surface area contributed by atoms with Crippen LogP contribution in [0.4, 0.5) is 11.4 Å². The Bertz CT molecular complexity index is 892. The van der Waals surface area contributed by atoms with Crippen LogP contribution in [0.1, 0.15) is 49.3 Å². The van der Waals surface area contributed by atoms with E-state index >= 15 is 0 Å². The van der Waals surface area contributed by atoms with Crippen LogP contribution in [0.15, 0.2) is 47.5 Å². The molecule has 2 aliphatic rings. The van der Waals surface area contributed by atoms with Crippen LogP contribution in [0, 0.1) is 13.8 Å². The number of benzene rings is 2. The van der Waals surface area contributed by atoms with Gasteiger partial charge in [0.2, 0.25) is 5.11 Å². The van der Waals surface area contributed by atoms with E-state index in [-0.39, 0.29) is 5.54 Å². The molecule has 1 spiro atoms. The molecule has 1 N–H and O–H groups in total. The molecule has 0 saturated heterocycles. The zero-order valence-electron chi connectivity index (χ0n) is 16.4. The molecule has 0 amide bonds. The third-order valence-electron chi connectivity index (χ3n) is 5.97. The number of aliphatic imine (C=N–C) groups is 1. The molecule has 0 radical (unpaired) electrons. The third kappa shape index (κ3) is 3.06. The molecule has 1 saturated carbocycles. The summed E-state index contributed by atoms with van der Waals surface area (Å²) in [6.07, 6.45) is 5.58. The van der Waals surface area contributed by atoms with E-state index in [0.717, 1.165) is 30.8 Å². The number of hydrogen-bond acceptors (Lipinski definition) is 2. The van der Waals surface area contributed by atoms with Gasteiger partial charge in [-0.25, -0.2) is 4.99 Å². The third-order valence-corrected chi connectivity index (χ3v) is 6.25. The summed E-state index contributed by atoms with van der Waals surface area (Å²) in [5.41, 5.74) is 6.04. The Kier molecular flexibility index (Phi) is 4.77. The van der Waals surface area contributed by atoms with Gasteiger partial charge in [0.15, 0.2) is 0 Å². The summed E-state index contributed by atoms with van der Waals surface area (Å²) >= 11 is 5.75. The van der Waals surface area contributed by atoms with E-state index in [1.54, 1.807) is 0 Å². The maximum atomic E-state index is 5.75. The van der Waals surface area contributed by atoms with Crippen molar-refractivity contribution in [3.05, 3.63) is 59.2 Å². The smallest absolute Gasteiger partial charge is 0.202 e. The lowest BCUT2D eigenvalue weighted by atomic mass is 9.93. The van der Waals surface area contributed by atoms with Gasteiger partial charge in [-0.15, -0.1) is 0 Å². The molecule has 1 aliphatic heterocycles. The highest BCUT2D eigenvalue weighted by atomic mass is 32.1. The van der Waals surface area contributed by atoms with E-state index in [4.69, 9.17) is 17.2 Å². The van der Waals surface area contributed by atoms with Crippen molar-refractivity contribution in [1.29, 1.82) is 0 Å². The summed E-state index contributed by atoms with van der Waals surface area (Å²) in [4.78, 5) is 7.17. The van der Waals surface area contributed by atoms with Gasteiger partial charge in [0.25, 0.3) is 0 Å². The Morgan fingerprint density at radius 1 is 1.07 bits per heavy atom. The van der Waals surface area contributed by atoms with E-state index in [0.29, 0.717) is 5.11 Å². The van der Waals surface area contributed by atoms with E-state index in [1.807, 2.05) is 0 Å². The van der Waals surface area contributed by atoms with Crippen molar-refractivity contribution in [1.82, 2.24) is 0 Å². The minimum Gasteiger partial charge on any atom is -0.341 e. The van der Waals surface area contributed by atoms with Crippen molar-refractivity contribution in [3.63, 3.8) is 0 Å². The molecular formula is C23H27N3S. The van der Waals surface area contributed by atoms with Crippen LogP contribution in [0.5, 0.6) is 0 Å². The number of para-hydroxylation sites is 1. The maximum Gasteiger partial charge on any atom is 0.202 e. The van der Waals surface area contributed by atoms with Crippen molar-refractivity contribution in [2.75, 3.05) is 10.2 Å². The number of aryl methyl sites for hydroxylation is 3. The van der Waals surface area contributed by atoms with Crippen LogP contribution in [0.25, 0.3) is 0 Å². The summed E-state index contributed by atoms with van der Waals surface area (Å²) in [5.74, 6) is 1.02. The highest BCUT2D eigenvalue weighted by molar-refractivity contribution is 7.80. The number of nitrogens with zero attached hydrogens (tertiary/aromatic N) is 2. The second-order valence-electron chi connectivity index (χ2n) is 7.74. The van der Waals surface area contributed by atoms with Crippen LogP contribution in [0.2, 0.25) is 0 Å². The number of amidine groups is 1. The molecule has 0 unspecified atom stereocenters. The Morgan fingerprint density at radius 3 is 2.44 bits per heavy atom. The van der Waals surface area contributed by atoms with Crippen molar-refractivity contribution in [2.45, 2.75) is 58.4 Å². The first-order chi connectivity index (χ1) is 13.0. The monoisotopic (exact) mass is 377 g/mol. The maximum absolute atomic E-state index is 5.75. The minimum atomic E-state index is -0.139. The molecule has 0 bridgehead atoms. The number of hydrogen-bond donors (Lipinski definition) is 1. The average Bonchev–Trinajstić information content (AvgIpc) is 3.24. The molecule has 4 rings (SSSR count). The first kappa shape index (κ1) is 18.2. The molecule has 27 heavy (non-hydrogen) atoms. The Balaban J connectivity index is 1.75. The Morgan fingerprint density at radius 2 is 1.78 bits per heavy atom. The largest absolute Gasteiger partial charge is 0.341 e. The van der Waals surface area contributed by atoms with Gasteiger partial charge >= 0.3 is 0 Å². The second kappa shape index (κ2) is 7.08. The summed E-state index contributed by atoms with van der Waals surface area (Å²) < 4.78 is 0. The zero-order chi connectivity index (χ0) is 19.0. The number of rotatable bonds is 3. The molecule has 1 fully saturated rings. The normalized spacial score (nSPS) is 18.3. The van der Waals surface area contributed by atoms with Gasteiger partial charge in [-0.2, -0.15) is 0 Å².